The molecule has 15 nitrogen and oxygen atoms in total. The predicted octanol–water partition coefficient (Wildman–Crippen LogP) is -0.731. The minimum absolute atomic E-state index is 0.110. The summed E-state index contributed by atoms with van der Waals surface area (Å²) in [5.41, 5.74) is 5.04. The number of urea groups is 1. The lowest BCUT2D eigenvalue weighted by molar-refractivity contribution is -0.130. The monoisotopic (exact) mass is 529 g/mol. The molecule has 0 fully saturated rings. The predicted molar refractivity (Wildman–Crippen MR) is 125 cm³/mol. The van der Waals surface area contributed by atoms with Crippen molar-refractivity contribution < 1.29 is 49.0 Å². The van der Waals surface area contributed by atoms with E-state index >= 15 is 0 Å². The molecule has 0 bridgehead atoms. The number of hydroxylamine groups is 3. The standard InChI is InChI=1S/C22H35N5O10/c1-16-2-4-17(5-3-16)12-23-21(31)24-22(13-35-9-6-18(28)25-32,14-36-10-7-19(29)26-33)15-37-11-8-20(30)27-34/h2-5,32-34H,6-15H2,1H3,(H,25,28)(H,26,29)(H,27,30)(H2,23,24,31). The molecule has 1 rings (SSSR count). The summed E-state index contributed by atoms with van der Waals surface area (Å²) in [6.07, 6.45) is -0.496. The minimum atomic E-state index is -1.33. The molecule has 1 aromatic rings. The molecule has 0 aliphatic carbocycles. The number of rotatable bonds is 18. The molecule has 0 aromatic heterocycles. The Morgan fingerprint density at radius 2 is 1.14 bits per heavy atom. The van der Waals surface area contributed by atoms with E-state index in [2.05, 4.69) is 10.6 Å². The van der Waals surface area contributed by atoms with E-state index < -0.39 is 29.3 Å². The Labute approximate surface area is 213 Å². The van der Waals surface area contributed by atoms with Crippen molar-refractivity contribution in [3.05, 3.63) is 35.4 Å². The maximum absolute atomic E-state index is 12.8. The third-order valence-corrected chi connectivity index (χ3v) is 4.88. The van der Waals surface area contributed by atoms with Gasteiger partial charge in [-0.25, -0.2) is 21.2 Å². The van der Waals surface area contributed by atoms with Crippen molar-refractivity contribution in [2.75, 3.05) is 39.6 Å². The number of nitrogens with one attached hydrogen (secondary N) is 5. The first-order valence-corrected chi connectivity index (χ1v) is 11.4. The van der Waals surface area contributed by atoms with Crippen molar-refractivity contribution in [2.24, 2.45) is 0 Å². The first-order chi connectivity index (χ1) is 17.7. The lowest BCUT2D eigenvalue weighted by Crippen LogP contribution is -2.60. The normalized spacial score (nSPS) is 10.9. The van der Waals surface area contributed by atoms with Gasteiger partial charge in [-0.05, 0) is 12.5 Å². The summed E-state index contributed by atoms with van der Waals surface area (Å²) in [7, 11) is 0. The van der Waals surface area contributed by atoms with E-state index in [1.807, 2.05) is 31.2 Å². The van der Waals surface area contributed by atoms with Crippen LogP contribution in [0.5, 0.6) is 0 Å². The zero-order chi connectivity index (χ0) is 27.5. The summed E-state index contributed by atoms with van der Waals surface area (Å²) >= 11 is 0. The van der Waals surface area contributed by atoms with Gasteiger partial charge >= 0.3 is 6.03 Å². The summed E-state index contributed by atoms with van der Waals surface area (Å²) in [6.45, 7) is 1.21. The SMILES string of the molecule is Cc1ccc(CNC(=O)NC(COCCC(=O)NO)(COCCC(=O)NO)COCCC(=O)NO)cc1. The van der Waals surface area contributed by atoms with Crippen LogP contribution < -0.4 is 27.1 Å². The van der Waals surface area contributed by atoms with Crippen molar-refractivity contribution in [1.29, 1.82) is 0 Å². The molecular weight excluding hydrogens is 494 g/mol. The zero-order valence-electron chi connectivity index (χ0n) is 20.6. The van der Waals surface area contributed by atoms with Crippen LogP contribution in [0.25, 0.3) is 0 Å². The van der Waals surface area contributed by atoms with Crippen LogP contribution >= 0.6 is 0 Å². The van der Waals surface area contributed by atoms with Gasteiger partial charge in [0, 0.05) is 6.54 Å². The van der Waals surface area contributed by atoms with Gasteiger partial charge in [0.1, 0.15) is 5.54 Å². The molecule has 0 atom stereocenters. The first-order valence-electron chi connectivity index (χ1n) is 11.4. The molecule has 0 aliphatic heterocycles. The highest BCUT2D eigenvalue weighted by molar-refractivity contribution is 5.76. The molecule has 0 radical (unpaired) electrons. The van der Waals surface area contributed by atoms with Gasteiger partial charge in [0.15, 0.2) is 0 Å². The van der Waals surface area contributed by atoms with Gasteiger partial charge in [0.05, 0.1) is 58.9 Å². The van der Waals surface area contributed by atoms with Gasteiger partial charge in [-0.15, -0.1) is 0 Å². The number of hydrogen-bond donors (Lipinski definition) is 8. The lowest BCUT2D eigenvalue weighted by Gasteiger charge is -2.34. The number of ether oxygens (including phenoxy) is 3. The molecule has 0 heterocycles. The topological polar surface area (TPSA) is 217 Å². The van der Waals surface area contributed by atoms with Gasteiger partial charge in [-0.1, -0.05) is 29.8 Å². The van der Waals surface area contributed by atoms with Gasteiger partial charge in [0.2, 0.25) is 17.7 Å². The van der Waals surface area contributed by atoms with E-state index in [-0.39, 0.29) is 65.4 Å². The van der Waals surface area contributed by atoms with E-state index in [0.29, 0.717) is 0 Å². The number of carbonyl (C=O) groups excluding carboxylic acids is 4. The Balaban J connectivity index is 2.90. The van der Waals surface area contributed by atoms with Crippen LogP contribution in [0.1, 0.15) is 30.4 Å². The molecule has 0 spiro atoms. The van der Waals surface area contributed by atoms with E-state index in [9.17, 15) is 19.2 Å². The first kappa shape index (κ1) is 31.7. The fourth-order valence-electron chi connectivity index (χ4n) is 2.87. The van der Waals surface area contributed by atoms with Crippen molar-refractivity contribution in [2.45, 2.75) is 38.3 Å². The van der Waals surface area contributed by atoms with Crippen molar-refractivity contribution in [3.8, 4) is 0 Å². The molecule has 37 heavy (non-hydrogen) atoms. The summed E-state index contributed by atoms with van der Waals surface area (Å²) in [5.74, 6) is -2.02. The van der Waals surface area contributed by atoms with Crippen molar-refractivity contribution >= 4 is 23.8 Å². The maximum atomic E-state index is 12.8. The van der Waals surface area contributed by atoms with Crippen LogP contribution in [0.15, 0.2) is 24.3 Å². The second-order valence-electron chi connectivity index (χ2n) is 8.09. The fraction of sp³-hybridized carbons (Fsp3) is 0.545. The molecule has 5 amide bonds. The van der Waals surface area contributed by atoms with Crippen LogP contribution in [-0.2, 0) is 35.1 Å². The molecule has 0 aliphatic rings. The van der Waals surface area contributed by atoms with Crippen LogP contribution in [-0.4, -0.2) is 84.6 Å². The number of amides is 5. The highest BCUT2D eigenvalue weighted by atomic mass is 16.5. The fourth-order valence-corrected chi connectivity index (χ4v) is 2.87. The molecule has 0 unspecified atom stereocenters. The largest absolute Gasteiger partial charge is 0.378 e. The summed E-state index contributed by atoms with van der Waals surface area (Å²) < 4.78 is 16.6. The molecule has 0 saturated carbocycles. The minimum Gasteiger partial charge on any atom is -0.378 e. The smallest absolute Gasteiger partial charge is 0.315 e. The van der Waals surface area contributed by atoms with Crippen LogP contribution in [0, 0.1) is 6.92 Å². The number of aryl methyl sites for hydroxylation is 1. The Hall–Kier alpha value is -3.34. The van der Waals surface area contributed by atoms with E-state index in [0.717, 1.165) is 11.1 Å². The van der Waals surface area contributed by atoms with Crippen LogP contribution in [0.3, 0.4) is 0 Å². The molecule has 208 valence electrons. The molecule has 1 aromatic carbocycles. The highest BCUT2D eigenvalue weighted by Crippen LogP contribution is 2.11. The Bertz CT molecular complexity index is 793. The third-order valence-electron chi connectivity index (χ3n) is 4.88. The Morgan fingerprint density at radius 1 is 0.730 bits per heavy atom. The van der Waals surface area contributed by atoms with Gasteiger partial charge in [-0.2, -0.15) is 0 Å². The lowest BCUT2D eigenvalue weighted by atomic mass is 10.0. The zero-order valence-corrected chi connectivity index (χ0v) is 20.6. The molecule has 15 heteroatoms. The van der Waals surface area contributed by atoms with Crippen LogP contribution in [0.2, 0.25) is 0 Å². The number of hydrogen-bond acceptors (Lipinski definition) is 10. The third kappa shape index (κ3) is 14.1. The van der Waals surface area contributed by atoms with Gasteiger partial charge in [0.25, 0.3) is 0 Å². The Kier molecular flexibility index (Phi) is 15.4. The Morgan fingerprint density at radius 3 is 1.51 bits per heavy atom. The van der Waals surface area contributed by atoms with Crippen molar-refractivity contribution in [3.63, 3.8) is 0 Å². The second kappa shape index (κ2) is 18.0. The second-order valence-corrected chi connectivity index (χ2v) is 8.09. The summed E-state index contributed by atoms with van der Waals surface area (Å²) in [6, 6.07) is 6.95. The quantitative estimate of drug-likeness (QED) is 0.0677. The molecule has 0 saturated heterocycles. The van der Waals surface area contributed by atoms with Crippen LogP contribution in [0.4, 0.5) is 4.79 Å². The summed E-state index contributed by atoms with van der Waals surface area (Å²) in [4.78, 5) is 46.6. The number of benzene rings is 1. The van der Waals surface area contributed by atoms with Gasteiger partial charge < -0.3 is 24.8 Å². The van der Waals surface area contributed by atoms with E-state index in [1.165, 1.54) is 16.4 Å². The average Bonchev–Trinajstić information content (AvgIpc) is 2.90. The van der Waals surface area contributed by atoms with Gasteiger partial charge in [-0.3, -0.25) is 30.0 Å². The maximum Gasteiger partial charge on any atom is 0.315 e. The summed E-state index contributed by atoms with van der Waals surface area (Å²) in [5, 5.41) is 31.4. The van der Waals surface area contributed by atoms with E-state index in [4.69, 9.17) is 29.8 Å². The molecular formula is C22H35N5O10. The highest BCUT2D eigenvalue weighted by Gasteiger charge is 2.34. The molecule has 8 N–H and O–H groups in total. The number of carbonyl (C=O) groups is 4. The average molecular weight is 530 g/mol. The van der Waals surface area contributed by atoms with E-state index in [1.54, 1.807) is 0 Å². The van der Waals surface area contributed by atoms with Crippen molar-refractivity contribution in [1.82, 2.24) is 27.1 Å².